The Kier molecular flexibility index (Phi) is 3.54. The predicted molar refractivity (Wildman–Crippen MR) is 92.6 cm³/mol. The maximum atomic E-state index is 12.8. The van der Waals surface area contributed by atoms with Crippen LogP contribution in [0.2, 0.25) is 0 Å². The van der Waals surface area contributed by atoms with Crippen molar-refractivity contribution in [3.63, 3.8) is 0 Å². The van der Waals surface area contributed by atoms with Crippen molar-refractivity contribution in [3.05, 3.63) is 59.7 Å². The van der Waals surface area contributed by atoms with Crippen LogP contribution in [0.4, 0.5) is 11.4 Å². The van der Waals surface area contributed by atoms with Gasteiger partial charge in [0.2, 0.25) is 5.91 Å². The number of hydrogen-bond acceptors (Lipinski definition) is 3. The van der Waals surface area contributed by atoms with E-state index in [1.54, 1.807) is 0 Å². The van der Waals surface area contributed by atoms with Crippen LogP contribution in [-0.2, 0) is 17.6 Å². The van der Waals surface area contributed by atoms with Crippen molar-refractivity contribution in [2.24, 2.45) is 5.73 Å². The van der Waals surface area contributed by atoms with E-state index < -0.39 is 0 Å². The minimum Gasteiger partial charge on any atom is -0.358 e. The van der Waals surface area contributed by atoms with Gasteiger partial charge < -0.3 is 16.0 Å². The lowest BCUT2D eigenvalue weighted by atomic mass is 9.95. The zero-order valence-electron chi connectivity index (χ0n) is 13.0. The van der Waals surface area contributed by atoms with Crippen LogP contribution < -0.4 is 16.0 Å². The number of nitrogens with zero attached hydrogens (tertiary/aromatic N) is 1. The smallest absolute Gasteiger partial charge is 0.247 e. The Labute approximate surface area is 136 Å². The van der Waals surface area contributed by atoms with Crippen LogP contribution in [-0.4, -0.2) is 24.5 Å². The summed E-state index contributed by atoms with van der Waals surface area (Å²) in [6.45, 7) is 0.728. The second kappa shape index (κ2) is 5.70. The highest BCUT2D eigenvalue weighted by atomic mass is 16.2. The van der Waals surface area contributed by atoms with Crippen molar-refractivity contribution in [1.29, 1.82) is 0 Å². The molecule has 2 atom stereocenters. The van der Waals surface area contributed by atoms with Crippen LogP contribution in [0.25, 0.3) is 0 Å². The van der Waals surface area contributed by atoms with Crippen LogP contribution >= 0.6 is 0 Å². The summed E-state index contributed by atoms with van der Waals surface area (Å²) in [6.07, 6.45) is 2.58. The van der Waals surface area contributed by atoms with E-state index in [4.69, 9.17) is 5.73 Å². The maximum Gasteiger partial charge on any atom is 0.247 e. The number of rotatable bonds is 1. The molecule has 0 spiro atoms. The number of carbonyl (C=O) groups excluding carboxylic acids is 1. The average molecular weight is 307 g/mol. The zero-order chi connectivity index (χ0) is 15.8. The van der Waals surface area contributed by atoms with Gasteiger partial charge in [0.15, 0.2) is 0 Å². The molecule has 0 bridgehead atoms. The molecule has 4 nitrogen and oxygen atoms in total. The Morgan fingerprint density at radius 2 is 1.78 bits per heavy atom. The number of nitrogens with two attached hydrogens (primary N) is 1. The molecule has 0 saturated heterocycles. The first-order valence-corrected chi connectivity index (χ1v) is 8.21. The molecule has 0 aromatic heterocycles. The van der Waals surface area contributed by atoms with Crippen LogP contribution in [0.15, 0.2) is 48.5 Å². The van der Waals surface area contributed by atoms with E-state index in [-0.39, 0.29) is 18.0 Å². The fourth-order valence-corrected chi connectivity index (χ4v) is 3.75. The van der Waals surface area contributed by atoms with Gasteiger partial charge in [0.25, 0.3) is 0 Å². The van der Waals surface area contributed by atoms with E-state index in [9.17, 15) is 4.79 Å². The van der Waals surface area contributed by atoms with E-state index in [0.29, 0.717) is 0 Å². The molecule has 2 aliphatic rings. The number of anilines is 2. The molecule has 3 N–H and O–H groups in total. The van der Waals surface area contributed by atoms with Gasteiger partial charge in [0, 0.05) is 24.0 Å². The summed E-state index contributed by atoms with van der Waals surface area (Å²) in [4.78, 5) is 15.0. The van der Waals surface area contributed by atoms with Crippen molar-refractivity contribution >= 4 is 17.3 Å². The molecule has 1 amide bonds. The normalized spacial score (nSPS) is 23.5. The molecule has 2 heterocycles. The number of benzene rings is 2. The highest BCUT2D eigenvalue weighted by molar-refractivity contribution is 5.98. The summed E-state index contributed by atoms with van der Waals surface area (Å²) in [6, 6.07) is 16.3. The van der Waals surface area contributed by atoms with Crippen molar-refractivity contribution in [3.8, 4) is 0 Å². The van der Waals surface area contributed by atoms with E-state index >= 15 is 0 Å². The lowest BCUT2D eigenvalue weighted by molar-refractivity contribution is -0.117. The first kappa shape index (κ1) is 14.3. The summed E-state index contributed by atoms with van der Waals surface area (Å²) in [5.41, 5.74) is 10.8. The van der Waals surface area contributed by atoms with Gasteiger partial charge >= 0.3 is 0 Å². The third-order valence-corrected chi connectivity index (χ3v) is 4.86. The molecule has 2 unspecified atom stereocenters. The van der Waals surface area contributed by atoms with Crippen molar-refractivity contribution in [2.75, 3.05) is 16.8 Å². The summed E-state index contributed by atoms with van der Waals surface area (Å²) in [5, 5.41) is 3.09. The highest BCUT2D eigenvalue weighted by Crippen LogP contribution is 2.31. The van der Waals surface area contributed by atoms with Crippen LogP contribution in [0.1, 0.15) is 17.5 Å². The largest absolute Gasteiger partial charge is 0.358 e. The third kappa shape index (κ3) is 2.59. The molecule has 2 aromatic carbocycles. The zero-order valence-corrected chi connectivity index (χ0v) is 13.0. The molecule has 118 valence electrons. The van der Waals surface area contributed by atoms with Crippen LogP contribution in [0.3, 0.4) is 0 Å². The lowest BCUT2D eigenvalue weighted by Crippen LogP contribution is -2.52. The van der Waals surface area contributed by atoms with Gasteiger partial charge in [0.05, 0.1) is 0 Å². The predicted octanol–water partition coefficient (Wildman–Crippen LogP) is 2.33. The maximum absolute atomic E-state index is 12.8. The first-order valence-electron chi connectivity index (χ1n) is 8.21. The van der Waals surface area contributed by atoms with E-state index in [1.165, 1.54) is 11.1 Å². The monoisotopic (exact) mass is 307 g/mol. The molecular formula is C19H21N3O. The Hall–Kier alpha value is -2.33. The number of amides is 1. The number of aryl methyl sites for hydroxylation is 1. The second-order valence-corrected chi connectivity index (χ2v) is 6.45. The topological polar surface area (TPSA) is 58.4 Å². The van der Waals surface area contributed by atoms with Gasteiger partial charge in [-0.15, -0.1) is 0 Å². The summed E-state index contributed by atoms with van der Waals surface area (Å²) in [5.74, 6) is 0.0684. The van der Waals surface area contributed by atoms with E-state index in [0.717, 1.165) is 37.2 Å². The van der Waals surface area contributed by atoms with E-state index in [1.807, 2.05) is 30.3 Å². The van der Waals surface area contributed by atoms with Gasteiger partial charge in [-0.3, -0.25) is 4.79 Å². The molecular weight excluding hydrogens is 286 g/mol. The van der Waals surface area contributed by atoms with Gasteiger partial charge in [0.1, 0.15) is 6.04 Å². The molecule has 4 heteroatoms. The minimum atomic E-state index is -0.171. The van der Waals surface area contributed by atoms with Gasteiger partial charge in [-0.1, -0.05) is 36.4 Å². The Bertz CT molecular complexity index is 743. The Morgan fingerprint density at radius 3 is 2.65 bits per heavy atom. The summed E-state index contributed by atoms with van der Waals surface area (Å²) < 4.78 is 0. The van der Waals surface area contributed by atoms with Crippen LogP contribution in [0.5, 0.6) is 0 Å². The number of para-hydroxylation sites is 2. The summed E-state index contributed by atoms with van der Waals surface area (Å²) >= 11 is 0. The van der Waals surface area contributed by atoms with Crippen molar-refractivity contribution in [2.45, 2.75) is 31.3 Å². The first-order chi connectivity index (χ1) is 11.2. The second-order valence-electron chi connectivity index (χ2n) is 6.45. The highest BCUT2D eigenvalue weighted by Gasteiger charge is 2.33. The molecule has 0 fully saturated rings. The number of fused-ring (bicyclic) bond motifs is 2. The average Bonchev–Trinajstić information content (AvgIpc) is 2.72. The molecule has 0 aliphatic carbocycles. The third-order valence-electron chi connectivity index (χ3n) is 4.86. The van der Waals surface area contributed by atoms with Crippen molar-refractivity contribution < 1.29 is 4.79 Å². The Balaban J connectivity index is 1.67. The number of nitrogens with one attached hydrogen (secondary N) is 1. The molecule has 2 aliphatic heterocycles. The molecule has 0 saturated carbocycles. The Morgan fingerprint density at radius 1 is 1.04 bits per heavy atom. The SMILES string of the molecule is NC1Cc2ccccc2N(C2CCc3ccccc3NC2=O)C1. The summed E-state index contributed by atoms with van der Waals surface area (Å²) in [7, 11) is 0. The number of hydrogen-bond donors (Lipinski definition) is 2. The number of carbonyl (C=O) groups is 1. The fraction of sp³-hybridized carbons (Fsp3) is 0.316. The van der Waals surface area contributed by atoms with Gasteiger partial charge in [-0.2, -0.15) is 0 Å². The van der Waals surface area contributed by atoms with Gasteiger partial charge in [-0.05, 0) is 42.5 Å². The fourth-order valence-electron chi connectivity index (χ4n) is 3.75. The standard InChI is InChI=1S/C19H21N3O/c20-15-11-14-6-2-4-8-17(14)22(12-15)18-10-9-13-5-1-3-7-16(13)21-19(18)23/h1-8,15,18H,9-12,20H2,(H,21,23). The molecule has 4 rings (SSSR count). The quantitative estimate of drug-likeness (QED) is 0.850. The van der Waals surface area contributed by atoms with Gasteiger partial charge in [-0.25, -0.2) is 0 Å². The molecule has 2 aromatic rings. The molecule has 0 radical (unpaired) electrons. The van der Waals surface area contributed by atoms with Crippen LogP contribution in [0, 0.1) is 0 Å². The van der Waals surface area contributed by atoms with E-state index in [2.05, 4.69) is 28.4 Å². The minimum absolute atomic E-state index is 0.0684. The lowest BCUT2D eigenvalue weighted by Gasteiger charge is -2.39. The van der Waals surface area contributed by atoms with Crippen molar-refractivity contribution in [1.82, 2.24) is 0 Å². The molecule has 23 heavy (non-hydrogen) atoms.